The van der Waals surface area contributed by atoms with E-state index in [-0.39, 0.29) is 10.7 Å². The summed E-state index contributed by atoms with van der Waals surface area (Å²) in [6.07, 6.45) is -2.73. The summed E-state index contributed by atoms with van der Waals surface area (Å²) >= 11 is 18.7. The van der Waals surface area contributed by atoms with E-state index in [4.69, 9.17) is 49.0 Å². The van der Waals surface area contributed by atoms with Crippen molar-refractivity contribution in [2.45, 2.75) is 44.2 Å². The zero-order valence-electron chi connectivity index (χ0n) is 13.8. The van der Waals surface area contributed by atoms with E-state index in [1.165, 1.54) is 0 Å². The quantitative estimate of drug-likeness (QED) is 0.697. The van der Waals surface area contributed by atoms with Crippen LogP contribution in [-0.2, 0) is 14.2 Å². The van der Waals surface area contributed by atoms with E-state index in [0.29, 0.717) is 20.9 Å². The Morgan fingerprint density at radius 1 is 1.19 bits per heavy atom. The highest BCUT2D eigenvalue weighted by Crippen LogP contribution is 2.47. The Morgan fingerprint density at radius 2 is 1.85 bits per heavy atom. The van der Waals surface area contributed by atoms with Crippen molar-refractivity contribution < 1.29 is 18.6 Å². The van der Waals surface area contributed by atoms with Crippen LogP contribution in [0.15, 0.2) is 12.1 Å². The predicted octanol–water partition coefficient (Wildman–Crippen LogP) is 4.86. The van der Waals surface area contributed by atoms with Crippen LogP contribution in [0.2, 0.25) is 15.2 Å². The van der Waals surface area contributed by atoms with E-state index in [9.17, 15) is 9.65 Å². The number of hydrogen-bond acceptors (Lipinski definition) is 4. The lowest BCUT2D eigenvalue weighted by molar-refractivity contribution is -0.197. The number of halogens is 4. The first kappa shape index (κ1) is 18.3. The third kappa shape index (κ3) is 2.62. The molecule has 0 saturated carbocycles. The highest BCUT2D eigenvalue weighted by molar-refractivity contribution is 6.43. The van der Waals surface area contributed by atoms with Crippen molar-refractivity contribution in [2.24, 2.45) is 0 Å². The lowest BCUT2D eigenvalue weighted by Crippen LogP contribution is -2.30. The van der Waals surface area contributed by atoms with Crippen molar-refractivity contribution in [1.82, 2.24) is 4.57 Å². The smallest absolute Gasteiger partial charge is 0.164 e. The molecule has 5 nitrogen and oxygen atoms in total. The summed E-state index contributed by atoms with van der Waals surface area (Å²) < 4.78 is 32.7. The Bertz CT molecular complexity index is 940. The molecule has 0 spiro atoms. The minimum atomic E-state index is -0.876. The number of ether oxygens (including phenoxy) is 3. The third-order valence-corrected chi connectivity index (χ3v) is 5.72. The van der Waals surface area contributed by atoms with Gasteiger partial charge in [0.25, 0.3) is 0 Å². The molecule has 0 unspecified atom stereocenters. The van der Waals surface area contributed by atoms with Crippen molar-refractivity contribution >= 4 is 45.7 Å². The van der Waals surface area contributed by atoms with Gasteiger partial charge in [-0.3, -0.25) is 0 Å². The fraction of sp³-hybridized carbons (Fsp3) is 0.471. The standard InChI is InChI=1S/C17H14Cl3FN2O3/c1-17(2)25-13-12(5-21)24-16(14(13)26-17)23-11-4-10(19)9(18)3-7(11)8(6-22)15(23)20/h3-4,12-14,16H,5H2,1-2H3/t12-,13-,14-,16-/m1/s1. The molecule has 2 fully saturated rings. The van der Waals surface area contributed by atoms with Gasteiger partial charge >= 0.3 is 0 Å². The van der Waals surface area contributed by atoms with Crippen LogP contribution in [0.25, 0.3) is 10.9 Å². The molecule has 2 saturated heterocycles. The van der Waals surface area contributed by atoms with Crippen LogP contribution in [0.5, 0.6) is 0 Å². The zero-order valence-corrected chi connectivity index (χ0v) is 16.1. The van der Waals surface area contributed by atoms with Gasteiger partial charge in [-0.2, -0.15) is 5.26 Å². The molecule has 0 aliphatic carbocycles. The van der Waals surface area contributed by atoms with Gasteiger partial charge in [-0.15, -0.1) is 0 Å². The maximum atomic E-state index is 13.5. The Balaban J connectivity index is 1.91. The molecule has 2 aromatic rings. The number of nitriles is 1. The van der Waals surface area contributed by atoms with Crippen molar-refractivity contribution in [1.29, 1.82) is 5.26 Å². The molecule has 1 aromatic heterocycles. The second-order valence-corrected chi connectivity index (χ2v) is 7.89. The van der Waals surface area contributed by atoms with Gasteiger partial charge in [-0.1, -0.05) is 34.8 Å². The van der Waals surface area contributed by atoms with Crippen LogP contribution >= 0.6 is 34.8 Å². The van der Waals surface area contributed by atoms with Gasteiger partial charge in [0.1, 0.15) is 36.2 Å². The number of nitrogens with zero attached hydrogens (tertiary/aromatic N) is 2. The second-order valence-electron chi connectivity index (χ2n) is 6.72. The first-order chi connectivity index (χ1) is 12.3. The summed E-state index contributed by atoms with van der Waals surface area (Å²) in [6, 6.07) is 5.26. The Morgan fingerprint density at radius 3 is 2.50 bits per heavy atom. The first-order valence-corrected chi connectivity index (χ1v) is 9.06. The monoisotopic (exact) mass is 418 g/mol. The fourth-order valence-corrected chi connectivity index (χ4v) is 4.27. The summed E-state index contributed by atoms with van der Waals surface area (Å²) in [5.41, 5.74) is 0.791. The number of fused-ring (bicyclic) bond motifs is 2. The molecule has 3 heterocycles. The van der Waals surface area contributed by atoms with Crippen LogP contribution in [-0.4, -0.2) is 35.3 Å². The van der Waals surface area contributed by atoms with Gasteiger partial charge in [0.15, 0.2) is 12.0 Å². The summed E-state index contributed by atoms with van der Waals surface area (Å²) in [7, 11) is 0. The van der Waals surface area contributed by atoms with E-state index >= 15 is 0 Å². The van der Waals surface area contributed by atoms with E-state index < -0.39 is 37.0 Å². The van der Waals surface area contributed by atoms with Crippen molar-refractivity contribution in [2.75, 3.05) is 6.67 Å². The molecule has 0 bridgehead atoms. The molecule has 0 N–H and O–H groups in total. The maximum Gasteiger partial charge on any atom is 0.164 e. The highest BCUT2D eigenvalue weighted by Gasteiger charge is 2.56. The summed E-state index contributed by atoms with van der Waals surface area (Å²) in [6.45, 7) is 2.78. The maximum absolute atomic E-state index is 13.5. The molecule has 2 aliphatic rings. The third-order valence-electron chi connectivity index (χ3n) is 4.63. The van der Waals surface area contributed by atoms with Crippen molar-refractivity contribution in [3.63, 3.8) is 0 Å². The Labute approximate surface area is 164 Å². The van der Waals surface area contributed by atoms with E-state index in [2.05, 4.69) is 6.07 Å². The molecule has 4 atom stereocenters. The second kappa shape index (κ2) is 6.23. The number of rotatable bonds is 2. The van der Waals surface area contributed by atoms with Gasteiger partial charge in [0.05, 0.1) is 21.1 Å². The average molecular weight is 420 g/mol. The normalized spacial score (nSPS) is 29.9. The zero-order chi connectivity index (χ0) is 18.8. The summed E-state index contributed by atoms with van der Waals surface area (Å²) in [5, 5.41) is 10.8. The largest absolute Gasteiger partial charge is 0.346 e. The SMILES string of the molecule is CC1(C)O[C@@H]2[C@H](O1)[C@@H](CF)O[C@H]2n1c(Cl)c(C#N)c2cc(Cl)c(Cl)cc21. The summed E-state index contributed by atoms with van der Waals surface area (Å²) in [5.74, 6) is -0.876. The number of hydrogen-bond donors (Lipinski definition) is 0. The average Bonchev–Trinajstić information content (AvgIpc) is 3.14. The molecule has 0 amide bonds. The van der Waals surface area contributed by atoms with Crippen LogP contribution in [0.4, 0.5) is 4.39 Å². The lowest BCUT2D eigenvalue weighted by atomic mass is 10.1. The van der Waals surface area contributed by atoms with E-state index in [0.717, 1.165) is 0 Å². The number of benzene rings is 1. The minimum absolute atomic E-state index is 0.150. The van der Waals surface area contributed by atoms with Gasteiger partial charge < -0.3 is 18.8 Å². The molecule has 26 heavy (non-hydrogen) atoms. The van der Waals surface area contributed by atoms with Gasteiger partial charge in [-0.25, -0.2) is 4.39 Å². The van der Waals surface area contributed by atoms with E-state index in [1.54, 1.807) is 30.5 Å². The van der Waals surface area contributed by atoms with Crippen LogP contribution in [0, 0.1) is 11.3 Å². The minimum Gasteiger partial charge on any atom is -0.346 e. The van der Waals surface area contributed by atoms with Gasteiger partial charge in [-0.05, 0) is 26.0 Å². The molecule has 0 radical (unpaired) electrons. The topological polar surface area (TPSA) is 56.4 Å². The van der Waals surface area contributed by atoms with Crippen molar-refractivity contribution in [3.8, 4) is 6.07 Å². The van der Waals surface area contributed by atoms with Crippen LogP contribution in [0.3, 0.4) is 0 Å². The van der Waals surface area contributed by atoms with Gasteiger partial charge in [0, 0.05) is 5.39 Å². The lowest BCUT2D eigenvalue weighted by Gasteiger charge is -2.25. The predicted molar refractivity (Wildman–Crippen MR) is 95.4 cm³/mol. The van der Waals surface area contributed by atoms with E-state index in [1.807, 2.05) is 0 Å². The van der Waals surface area contributed by atoms with Crippen molar-refractivity contribution in [3.05, 3.63) is 32.9 Å². The molecule has 9 heteroatoms. The molecular formula is C17H14Cl3FN2O3. The molecule has 1 aromatic carbocycles. The summed E-state index contributed by atoms with van der Waals surface area (Å²) in [4.78, 5) is 0. The molecule has 2 aliphatic heterocycles. The molecule has 138 valence electrons. The Kier molecular flexibility index (Phi) is 4.39. The fourth-order valence-electron chi connectivity index (χ4n) is 3.62. The first-order valence-electron chi connectivity index (χ1n) is 7.93. The van der Waals surface area contributed by atoms with Crippen LogP contribution < -0.4 is 0 Å². The number of aromatic nitrogens is 1. The number of alkyl halides is 1. The van der Waals surface area contributed by atoms with Crippen LogP contribution in [0.1, 0.15) is 25.6 Å². The Hall–Kier alpha value is -1.07. The highest BCUT2D eigenvalue weighted by atomic mass is 35.5. The molecular weight excluding hydrogens is 406 g/mol. The van der Waals surface area contributed by atoms with Gasteiger partial charge in [0.2, 0.25) is 0 Å². The molecule has 4 rings (SSSR count).